The summed E-state index contributed by atoms with van der Waals surface area (Å²) in [6, 6.07) is 6.88. The van der Waals surface area contributed by atoms with Crippen LogP contribution in [0.5, 0.6) is 0 Å². The molecule has 5 nitrogen and oxygen atoms in total. The fraction of sp³-hybridized carbons (Fsp3) is 0.500. The van der Waals surface area contributed by atoms with E-state index in [-0.39, 0.29) is 17.8 Å². The Morgan fingerprint density at radius 1 is 1.33 bits per heavy atom. The van der Waals surface area contributed by atoms with E-state index in [9.17, 15) is 9.18 Å². The lowest BCUT2D eigenvalue weighted by Crippen LogP contribution is -2.38. The van der Waals surface area contributed by atoms with E-state index in [2.05, 4.69) is 15.5 Å². The first kappa shape index (κ1) is 16.6. The summed E-state index contributed by atoms with van der Waals surface area (Å²) in [4.78, 5) is 12.2. The minimum absolute atomic E-state index is 0.0639. The van der Waals surface area contributed by atoms with Crippen LogP contribution < -0.4 is 5.32 Å². The zero-order valence-electron chi connectivity index (χ0n) is 13.9. The number of aromatic nitrogens is 3. The number of rotatable bonds is 6. The van der Waals surface area contributed by atoms with Gasteiger partial charge in [0.15, 0.2) is 0 Å². The Morgan fingerprint density at radius 2 is 2.12 bits per heavy atom. The molecule has 128 valence electrons. The van der Waals surface area contributed by atoms with Gasteiger partial charge in [-0.2, -0.15) is 0 Å². The van der Waals surface area contributed by atoms with Crippen LogP contribution in [-0.2, 0) is 24.7 Å². The van der Waals surface area contributed by atoms with Gasteiger partial charge in [-0.15, -0.1) is 10.2 Å². The third-order valence-electron chi connectivity index (χ3n) is 4.80. The molecule has 2 atom stereocenters. The molecule has 1 saturated carbocycles. The molecule has 0 bridgehead atoms. The van der Waals surface area contributed by atoms with Crippen molar-refractivity contribution in [1.82, 2.24) is 20.1 Å². The summed E-state index contributed by atoms with van der Waals surface area (Å²) >= 11 is 0. The quantitative estimate of drug-likeness (QED) is 0.885. The zero-order valence-corrected chi connectivity index (χ0v) is 13.9. The SMILES string of the molecule is Cn1cnnc1CCC(=O)N[C@@H]1CCC[C@@H]1Cc1ccc(F)cc1. The Bertz CT molecular complexity index is 683. The Morgan fingerprint density at radius 3 is 2.83 bits per heavy atom. The lowest BCUT2D eigenvalue weighted by molar-refractivity contribution is -0.122. The van der Waals surface area contributed by atoms with Gasteiger partial charge in [0.1, 0.15) is 18.0 Å². The van der Waals surface area contributed by atoms with Crippen molar-refractivity contribution in [1.29, 1.82) is 0 Å². The number of nitrogens with one attached hydrogen (secondary N) is 1. The number of carbonyl (C=O) groups excluding carboxylic acids is 1. The van der Waals surface area contributed by atoms with Crippen molar-refractivity contribution < 1.29 is 9.18 Å². The predicted octanol–water partition coefficient (Wildman–Crippen LogP) is 2.41. The molecule has 1 aromatic heterocycles. The fourth-order valence-corrected chi connectivity index (χ4v) is 3.43. The smallest absolute Gasteiger partial charge is 0.220 e. The number of amides is 1. The third kappa shape index (κ3) is 4.19. The van der Waals surface area contributed by atoms with Gasteiger partial charge < -0.3 is 9.88 Å². The molecule has 24 heavy (non-hydrogen) atoms. The van der Waals surface area contributed by atoms with E-state index in [1.165, 1.54) is 12.1 Å². The van der Waals surface area contributed by atoms with Crippen molar-refractivity contribution in [2.45, 2.75) is 44.6 Å². The first-order chi connectivity index (χ1) is 11.6. The molecular formula is C18H23FN4O. The standard InChI is InChI=1S/C18H23FN4O/c1-23-12-20-22-17(23)9-10-18(24)21-16-4-2-3-14(16)11-13-5-7-15(19)8-6-13/h5-8,12,14,16H,2-4,9-11H2,1H3,(H,21,24)/t14-,16-/m1/s1. The molecule has 0 radical (unpaired) electrons. The number of benzene rings is 1. The summed E-state index contributed by atoms with van der Waals surface area (Å²) in [5.74, 6) is 1.10. The summed E-state index contributed by atoms with van der Waals surface area (Å²) in [6.45, 7) is 0. The molecule has 3 rings (SSSR count). The Kier molecular flexibility index (Phi) is 5.23. The number of hydrogen-bond donors (Lipinski definition) is 1. The van der Waals surface area contributed by atoms with Crippen molar-refractivity contribution in [3.8, 4) is 0 Å². The molecule has 1 heterocycles. The molecular weight excluding hydrogens is 307 g/mol. The number of hydrogen-bond acceptors (Lipinski definition) is 3. The normalized spacial score (nSPS) is 20.2. The highest BCUT2D eigenvalue weighted by Crippen LogP contribution is 2.29. The van der Waals surface area contributed by atoms with Gasteiger partial charge in [-0.3, -0.25) is 4.79 Å². The number of aryl methyl sites for hydroxylation is 2. The van der Waals surface area contributed by atoms with Gasteiger partial charge in [0, 0.05) is 25.9 Å². The molecule has 6 heteroatoms. The van der Waals surface area contributed by atoms with Gasteiger partial charge in [-0.25, -0.2) is 4.39 Å². The minimum Gasteiger partial charge on any atom is -0.353 e. The van der Waals surface area contributed by atoms with Gasteiger partial charge >= 0.3 is 0 Å². The highest BCUT2D eigenvalue weighted by Gasteiger charge is 2.28. The third-order valence-corrected chi connectivity index (χ3v) is 4.80. The van der Waals surface area contributed by atoms with Crippen molar-refractivity contribution in [3.05, 3.63) is 47.8 Å². The lowest BCUT2D eigenvalue weighted by Gasteiger charge is -2.21. The second-order valence-corrected chi connectivity index (χ2v) is 6.55. The second-order valence-electron chi connectivity index (χ2n) is 6.55. The predicted molar refractivity (Wildman–Crippen MR) is 88.7 cm³/mol. The Balaban J connectivity index is 1.50. The van der Waals surface area contributed by atoms with Gasteiger partial charge in [0.2, 0.25) is 5.91 Å². The van der Waals surface area contributed by atoms with Crippen LogP contribution in [0, 0.1) is 11.7 Å². The summed E-state index contributed by atoms with van der Waals surface area (Å²) in [6.07, 6.45) is 6.79. The summed E-state index contributed by atoms with van der Waals surface area (Å²) < 4.78 is 14.8. The van der Waals surface area contributed by atoms with Crippen molar-refractivity contribution in [2.24, 2.45) is 13.0 Å². The van der Waals surface area contributed by atoms with Crippen LogP contribution in [0.1, 0.15) is 37.1 Å². The van der Waals surface area contributed by atoms with E-state index in [0.29, 0.717) is 18.8 Å². The zero-order chi connectivity index (χ0) is 16.9. The highest BCUT2D eigenvalue weighted by molar-refractivity contribution is 5.76. The fourth-order valence-electron chi connectivity index (χ4n) is 3.43. The molecule has 2 aromatic rings. The van der Waals surface area contributed by atoms with E-state index >= 15 is 0 Å². The molecule has 1 aromatic carbocycles. The summed E-state index contributed by atoms with van der Waals surface area (Å²) in [7, 11) is 1.88. The van der Waals surface area contributed by atoms with Crippen molar-refractivity contribution in [2.75, 3.05) is 0 Å². The van der Waals surface area contributed by atoms with E-state index in [1.807, 2.05) is 23.7 Å². The molecule has 1 fully saturated rings. The average molecular weight is 330 g/mol. The van der Waals surface area contributed by atoms with Crippen LogP contribution >= 0.6 is 0 Å². The average Bonchev–Trinajstić information content (AvgIpc) is 3.17. The first-order valence-electron chi connectivity index (χ1n) is 8.48. The van der Waals surface area contributed by atoms with Crippen LogP contribution in [0.4, 0.5) is 4.39 Å². The topological polar surface area (TPSA) is 59.8 Å². The number of halogens is 1. The van der Waals surface area contributed by atoms with E-state index in [1.54, 1.807) is 6.33 Å². The Labute approximate surface area is 141 Å². The highest BCUT2D eigenvalue weighted by atomic mass is 19.1. The van der Waals surface area contributed by atoms with Crippen LogP contribution in [0.3, 0.4) is 0 Å². The van der Waals surface area contributed by atoms with E-state index < -0.39 is 0 Å². The van der Waals surface area contributed by atoms with E-state index in [4.69, 9.17) is 0 Å². The summed E-state index contributed by atoms with van der Waals surface area (Å²) in [5.41, 5.74) is 1.13. The first-order valence-corrected chi connectivity index (χ1v) is 8.48. The van der Waals surface area contributed by atoms with Gasteiger partial charge in [0.05, 0.1) is 0 Å². The second kappa shape index (κ2) is 7.55. The summed E-state index contributed by atoms with van der Waals surface area (Å²) in [5, 5.41) is 11.0. The van der Waals surface area contributed by atoms with Crippen molar-refractivity contribution in [3.63, 3.8) is 0 Å². The molecule has 1 N–H and O–H groups in total. The van der Waals surface area contributed by atoms with Crippen LogP contribution in [0.15, 0.2) is 30.6 Å². The number of nitrogens with zero attached hydrogens (tertiary/aromatic N) is 3. The minimum atomic E-state index is -0.209. The molecule has 1 aliphatic rings. The monoisotopic (exact) mass is 330 g/mol. The maximum Gasteiger partial charge on any atom is 0.220 e. The molecule has 0 saturated heterocycles. The lowest BCUT2D eigenvalue weighted by atomic mass is 9.94. The van der Waals surface area contributed by atoms with Crippen LogP contribution in [-0.4, -0.2) is 26.7 Å². The molecule has 1 aliphatic carbocycles. The maximum absolute atomic E-state index is 13.0. The van der Waals surface area contributed by atoms with Crippen LogP contribution in [0.25, 0.3) is 0 Å². The molecule has 0 unspecified atom stereocenters. The van der Waals surface area contributed by atoms with Crippen LogP contribution in [0.2, 0.25) is 0 Å². The van der Waals surface area contributed by atoms with E-state index in [0.717, 1.165) is 37.1 Å². The van der Waals surface area contributed by atoms with Crippen molar-refractivity contribution >= 4 is 5.91 Å². The Hall–Kier alpha value is -2.24. The molecule has 1 amide bonds. The van der Waals surface area contributed by atoms with Gasteiger partial charge in [0.25, 0.3) is 0 Å². The molecule has 0 aliphatic heterocycles. The largest absolute Gasteiger partial charge is 0.353 e. The number of carbonyl (C=O) groups is 1. The molecule has 0 spiro atoms. The van der Waals surface area contributed by atoms with Gasteiger partial charge in [-0.1, -0.05) is 18.6 Å². The van der Waals surface area contributed by atoms with Gasteiger partial charge in [-0.05, 0) is 42.9 Å². The maximum atomic E-state index is 13.0.